The third-order valence-electron chi connectivity index (χ3n) is 3.55. The van der Waals surface area contributed by atoms with Crippen LogP contribution in [0.3, 0.4) is 0 Å². The average Bonchev–Trinajstić information content (AvgIpc) is 2.46. The van der Waals surface area contributed by atoms with Crippen molar-refractivity contribution in [2.24, 2.45) is 0 Å². The zero-order valence-electron chi connectivity index (χ0n) is 15.4. The van der Waals surface area contributed by atoms with Crippen molar-refractivity contribution in [2.45, 2.75) is 45.1 Å². The van der Waals surface area contributed by atoms with Crippen LogP contribution in [-0.4, -0.2) is 24.8 Å². The Bertz CT molecular complexity index is 1000. The number of amides is 1. The van der Waals surface area contributed by atoms with Gasteiger partial charge in [0, 0.05) is 23.5 Å². The van der Waals surface area contributed by atoms with Crippen LogP contribution in [0, 0.1) is 13.8 Å². The van der Waals surface area contributed by atoms with Gasteiger partial charge >= 0.3 is 0 Å². The van der Waals surface area contributed by atoms with Crippen LogP contribution in [0.1, 0.15) is 42.3 Å². The highest BCUT2D eigenvalue weighted by molar-refractivity contribution is 7.89. The molecule has 0 saturated carbocycles. The summed E-state index contributed by atoms with van der Waals surface area (Å²) in [5, 5.41) is 2.67. The predicted molar refractivity (Wildman–Crippen MR) is 101 cm³/mol. The number of aromatic amines is 1. The number of sulfonamides is 1. The van der Waals surface area contributed by atoms with Gasteiger partial charge in [0.05, 0.1) is 10.5 Å². The van der Waals surface area contributed by atoms with Crippen molar-refractivity contribution in [1.82, 2.24) is 9.71 Å². The third kappa shape index (κ3) is 4.80. The summed E-state index contributed by atoms with van der Waals surface area (Å²) >= 11 is 0. The molecule has 0 fully saturated rings. The van der Waals surface area contributed by atoms with E-state index in [2.05, 4.69) is 15.0 Å². The molecule has 0 aliphatic heterocycles. The highest BCUT2D eigenvalue weighted by Gasteiger charge is 2.24. The Hall–Kier alpha value is -2.45. The molecule has 140 valence electrons. The second kappa shape index (κ2) is 7.05. The molecule has 0 aliphatic rings. The molecule has 0 aliphatic carbocycles. The lowest BCUT2D eigenvalue weighted by molar-refractivity contribution is 0.102. The summed E-state index contributed by atoms with van der Waals surface area (Å²) in [6.07, 6.45) is 1.33. The maximum Gasteiger partial charge on any atom is 0.257 e. The van der Waals surface area contributed by atoms with Crippen molar-refractivity contribution in [2.75, 3.05) is 5.32 Å². The average molecular weight is 377 g/mol. The maximum atomic E-state index is 12.6. The van der Waals surface area contributed by atoms with Gasteiger partial charge in [0.15, 0.2) is 0 Å². The lowest BCUT2D eigenvalue weighted by Gasteiger charge is -2.21. The Kier molecular flexibility index (Phi) is 5.39. The molecular weight excluding hydrogens is 354 g/mol. The van der Waals surface area contributed by atoms with Gasteiger partial charge in [-0.3, -0.25) is 9.59 Å². The molecule has 0 bridgehead atoms. The molecule has 0 unspecified atom stereocenters. The van der Waals surface area contributed by atoms with Crippen LogP contribution in [0.25, 0.3) is 0 Å². The molecular formula is C18H23N3O4S. The summed E-state index contributed by atoms with van der Waals surface area (Å²) in [6, 6.07) is 6.01. The molecule has 2 rings (SSSR count). The second-order valence-corrected chi connectivity index (χ2v) is 8.83. The van der Waals surface area contributed by atoms with Gasteiger partial charge in [0.2, 0.25) is 15.6 Å². The number of hydrogen-bond acceptors (Lipinski definition) is 4. The molecule has 0 spiro atoms. The molecule has 0 radical (unpaired) electrons. The summed E-state index contributed by atoms with van der Waals surface area (Å²) in [4.78, 5) is 26.2. The first-order chi connectivity index (χ1) is 11.9. The predicted octanol–water partition coefficient (Wildman–Crippen LogP) is 2.32. The normalized spacial score (nSPS) is 12.0. The van der Waals surface area contributed by atoms with Crippen LogP contribution in [0.15, 0.2) is 40.2 Å². The monoisotopic (exact) mass is 377 g/mol. The number of H-pyrrole nitrogens is 1. The number of carbonyl (C=O) groups is 1. The van der Waals surface area contributed by atoms with Crippen molar-refractivity contribution in [1.29, 1.82) is 0 Å². The Labute approximate surface area is 152 Å². The van der Waals surface area contributed by atoms with Crippen LogP contribution in [0.2, 0.25) is 0 Å². The number of aromatic nitrogens is 1. The van der Waals surface area contributed by atoms with E-state index in [1.165, 1.54) is 18.3 Å². The fourth-order valence-electron chi connectivity index (χ4n) is 2.44. The number of rotatable bonds is 4. The first kappa shape index (κ1) is 19.9. The van der Waals surface area contributed by atoms with Gasteiger partial charge in [0.25, 0.3) is 5.91 Å². The molecule has 1 aromatic carbocycles. The van der Waals surface area contributed by atoms with Gasteiger partial charge in [0.1, 0.15) is 0 Å². The standard InChI is InChI=1S/C18H23N3O4S/c1-11-6-7-13(9-15(11)26(24,25)21-18(3,4)5)20-17(23)14-10-19-16(22)8-12(14)2/h6-10,21H,1-5H3,(H,19,22)(H,20,23). The zero-order valence-corrected chi connectivity index (χ0v) is 16.2. The van der Waals surface area contributed by atoms with Crippen molar-refractivity contribution in [3.05, 3.63) is 57.5 Å². The number of aryl methyl sites for hydroxylation is 2. The minimum atomic E-state index is -3.73. The molecule has 26 heavy (non-hydrogen) atoms. The van der Waals surface area contributed by atoms with E-state index in [1.807, 2.05) is 0 Å². The third-order valence-corrected chi connectivity index (χ3v) is 5.45. The fraction of sp³-hybridized carbons (Fsp3) is 0.333. The summed E-state index contributed by atoms with van der Waals surface area (Å²) in [5.74, 6) is -0.435. The van der Waals surface area contributed by atoms with Crippen molar-refractivity contribution < 1.29 is 13.2 Å². The molecule has 2 aromatic rings. The van der Waals surface area contributed by atoms with Gasteiger partial charge in [-0.1, -0.05) is 6.07 Å². The Morgan fingerprint density at radius 3 is 2.31 bits per heavy atom. The topological polar surface area (TPSA) is 108 Å². The summed E-state index contributed by atoms with van der Waals surface area (Å²) in [5.41, 5.74) is 0.830. The molecule has 8 heteroatoms. The van der Waals surface area contributed by atoms with E-state index in [0.717, 1.165) is 0 Å². The zero-order chi connectivity index (χ0) is 19.7. The van der Waals surface area contributed by atoms with E-state index in [9.17, 15) is 18.0 Å². The lowest BCUT2D eigenvalue weighted by atomic mass is 10.1. The number of nitrogens with one attached hydrogen (secondary N) is 3. The highest BCUT2D eigenvalue weighted by Crippen LogP contribution is 2.22. The number of benzene rings is 1. The quantitative estimate of drug-likeness (QED) is 0.760. The van der Waals surface area contributed by atoms with E-state index in [0.29, 0.717) is 22.4 Å². The van der Waals surface area contributed by atoms with Gasteiger partial charge in [-0.15, -0.1) is 0 Å². The minimum absolute atomic E-state index is 0.100. The molecule has 1 heterocycles. The first-order valence-corrected chi connectivity index (χ1v) is 9.53. The van der Waals surface area contributed by atoms with Crippen LogP contribution in [0.5, 0.6) is 0 Å². The first-order valence-electron chi connectivity index (χ1n) is 8.04. The van der Waals surface area contributed by atoms with E-state index >= 15 is 0 Å². The van der Waals surface area contributed by atoms with Crippen molar-refractivity contribution in [3.63, 3.8) is 0 Å². The number of pyridine rings is 1. The lowest BCUT2D eigenvalue weighted by Crippen LogP contribution is -2.40. The minimum Gasteiger partial charge on any atom is -0.328 e. The van der Waals surface area contributed by atoms with Gasteiger partial charge < -0.3 is 10.3 Å². The second-order valence-electron chi connectivity index (χ2n) is 7.18. The van der Waals surface area contributed by atoms with Gasteiger partial charge in [-0.05, 0) is 57.9 Å². The van der Waals surface area contributed by atoms with Gasteiger partial charge in [-0.25, -0.2) is 13.1 Å². The van der Waals surface area contributed by atoms with Crippen LogP contribution < -0.4 is 15.6 Å². The molecule has 0 atom stereocenters. The Morgan fingerprint density at radius 1 is 1.08 bits per heavy atom. The van der Waals surface area contributed by atoms with Crippen molar-refractivity contribution >= 4 is 21.6 Å². The van der Waals surface area contributed by atoms with Crippen molar-refractivity contribution in [3.8, 4) is 0 Å². The Balaban J connectivity index is 2.35. The molecule has 0 saturated heterocycles. The fourth-order valence-corrected chi connectivity index (χ4v) is 4.13. The smallest absolute Gasteiger partial charge is 0.257 e. The summed E-state index contributed by atoms with van der Waals surface area (Å²) < 4.78 is 27.8. The number of anilines is 1. The van der Waals surface area contributed by atoms with Crippen LogP contribution >= 0.6 is 0 Å². The van der Waals surface area contributed by atoms with E-state index in [-0.39, 0.29) is 10.5 Å². The maximum absolute atomic E-state index is 12.6. The molecule has 7 nitrogen and oxygen atoms in total. The SMILES string of the molecule is Cc1cc(=O)[nH]cc1C(=O)Nc1ccc(C)c(S(=O)(=O)NC(C)(C)C)c1. The highest BCUT2D eigenvalue weighted by atomic mass is 32.2. The van der Waals surface area contributed by atoms with Crippen LogP contribution in [-0.2, 0) is 10.0 Å². The van der Waals surface area contributed by atoms with E-state index in [4.69, 9.17) is 0 Å². The molecule has 3 N–H and O–H groups in total. The largest absolute Gasteiger partial charge is 0.328 e. The number of carbonyl (C=O) groups excluding carboxylic acids is 1. The van der Waals surface area contributed by atoms with Crippen LogP contribution in [0.4, 0.5) is 5.69 Å². The van der Waals surface area contributed by atoms with Gasteiger partial charge in [-0.2, -0.15) is 0 Å². The molecule has 1 amide bonds. The molecule has 1 aromatic heterocycles. The summed E-state index contributed by atoms with van der Waals surface area (Å²) in [7, 11) is -3.73. The number of hydrogen-bond donors (Lipinski definition) is 3. The van der Waals surface area contributed by atoms with E-state index < -0.39 is 21.5 Å². The summed E-state index contributed by atoms with van der Waals surface area (Å²) in [6.45, 7) is 8.61. The van der Waals surface area contributed by atoms with E-state index in [1.54, 1.807) is 46.8 Å². The Morgan fingerprint density at radius 2 is 1.73 bits per heavy atom.